The lowest BCUT2D eigenvalue weighted by molar-refractivity contribution is -0.140. The average molecular weight is 642 g/mol. The fraction of sp³-hybridized carbons (Fsp3) is 0.297. The predicted octanol–water partition coefficient (Wildman–Crippen LogP) is 6.14. The topological polar surface area (TPSA) is 96.0 Å². The van der Waals surface area contributed by atoms with Crippen molar-refractivity contribution >= 4 is 27.5 Å². The van der Waals surface area contributed by atoms with Crippen LogP contribution in [0.25, 0.3) is 0 Å². The Labute approximate surface area is 273 Å². The smallest absolute Gasteiger partial charge is 0.264 e. The second-order valence-corrected chi connectivity index (χ2v) is 14.0. The number of aryl methyl sites for hydroxylation is 1. The van der Waals surface area contributed by atoms with Crippen molar-refractivity contribution < 1.29 is 22.7 Å². The first-order valence-electron chi connectivity index (χ1n) is 15.4. The summed E-state index contributed by atoms with van der Waals surface area (Å²) in [6.07, 6.45) is 0.237. The fourth-order valence-electron chi connectivity index (χ4n) is 5.19. The number of hydrogen-bond donors (Lipinski definition) is 1. The Hall–Kier alpha value is -4.63. The summed E-state index contributed by atoms with van der Waals surface area (Å²) in [5, 5.41) is 3.05. The van der Waals surface area contributed by atoms with E-state index in [-0.39, 0.29) is 29.5 Å². The van der Waals surface area contributed by atoms with Crippen LogP contribution < -0.4 is 14.4 Å². The molecule has 1 N–H and O–H groups in total. The molecule has 0 unspecified atom stereocenters. The van der Waals surface area contributed by atoms with Crippen molar-refractivity contribution in [2.24, 2.45) is 0 Å². The summed E-state index contributed by atoms with van der Waals surface area (Å²) in [4.78, 5) is 30.2. The number of hydrogen-bond acceptors (Lipinski definition) is 5. The summed E-state index contributed by atoms with van der Waals surface area (Å²) in [5.74, 6) is -0.532. The monoisotopic (exact) mass is 641 g/mol. The quantitative estimate of drug-likeness (QED) is 0.189. The lowest BCUT2D eigenvalue weighted by Crippen LogP contribution is -2.56. The molecule has 0 radical (unpaired) electrons. The van der Waals surface area contributed by atoms with E-state index < -0.39 is 34.1 Å². The minimum absolute atomic E-state index is 0.0330. The van der Waals surface area contributed by atoms with E-state index in [0.717, 1.165) is 21.0 Å². The van der Waals surface area contributed by atoms with Crippen LogP contribution in [0.2, 0.25) is 0 Å². The Kier molecular flexibility index (Phi) is 11.2. The number of sulfonamides is 1. The van der Waals surface area contributed by atoms with E-state index in [1.165, 1.54) is 17.0 Å². The fourth-order valence-corrected chi connectivity index (χ4v) is 6.63. The molecule has 0 aromatic heterocycles. The second-order valence-electron chi connectivity index (χ2n) is 12.2. The van der Waals surface area contributed by atoms with Gasteiger partial charge < -0.3 is 15.0 Å². The van der Waals surface area contributed by atoms with Gasteiger partial charge in [-0.15, -0.1) is 0 Å². The molecule has 0 aliphatic heterocycles. The number of nitrogens with one attached hydrogen (secondary N) is 1. The molecule has 9 heteroatoms. The molecule has 0 bridgehead atoms. The molecule has 0 heterocycles. The molecule has 242 valence electrons. The van der Waals surface area contributed by atoms with Gasteiger partial charge in [-0.25, -0.2) is 8.42 Å². The number of nitrogens with zero attached hydrogens (tertiary/aromatic N) is 2. The number of benzene rings is 4. The van der Waals surface area contributed by atoms with Gasteiger partial charge in [0.1, 0.15) is 18.3 Å². The standard InChI is InChI=1S/C37H43N3O5S/c1-6-45-34-23-14-13-22-32(34)40(46(43,44)31-20-11-8-12-21-31)27-35(41)39(26-30-19-15-16-28(2)24-30)33(36(42)38-37(3,4)5)25-29-17-9-7-10-18-29/h7-24,33H,6,25-27H2,1-5H3,(H,38,42)/t33-/m0/s1. The number of carbonyl (C=O) groups excluding carboxylic acids is 2. The van der Waals surface area contributed by atoms with Gasteiger partial charge in [0, 0.05) is 18.5 Å². The van der Waals surface area contributed by atoms with Gasteiger partial charge in [-0.05, 0) is 70.0 Å². The molecule has 0 aliphatic carbocycles. The van der Waals surface area contributed by atoms with Gasteiger partial charge in [-0.1, -0.05) is 90.5 Å². The maximum atomic E-state index is 14.7. The lowest BCUT2D eigenvalue weighted by Gasteiger charge is -2.35. The predicted molar refractivity (Wildman–Crippen MR) is 182 cm³/mol. The highest BCUT2D eigenvalue weighted by atomic mass is 32.2. The molecule has 1 atom stereocenters. The van der Waals surface area contributed by atoms with E-state index in [1.807, 2.05) is 89.2 Å². The average Bonchev–Trinajstić information content (AvgIpc) is 3.02. The first-order valence-corrected chi connectivity index (χ1v) is 16.8. The third-order valence-corrected chi connectivity index (χ3v) is 9.02. The third kappa shape index (κ3) is 8.97. The molecule has 0 saturated heterocycles. The van der Waals surface area contributed by atoms with Crippen LogP contribution in [0.3, 0.4) is 0 Å². The number of para-hydroxylation sites is 2. The number of rotatable bonds is 13. The number of anilines is 1. The highest BCUT2D eigenvalue weighted by Gasteiger charge is 2.36. The molecule has 0 aliphatic rings. The van der Waals surface area contributed by atoms with Crippen LogP contribution >= 0.6 is 0 Å². The first kappa shape index (κ1) is 34.2. The van der Waals surface area contributed by atoms with Crippen LogP contribution in [0.4, 0.5) is 5.69 Å². The summed E-state index contributed by atoms with van der Waals surface area (Å²) >= 11 is 0. The zero-order valence-electron chi connectivity index (χ0n) is 27.1. The summed E-state index contributed by atoms with van der Waals surface area (Å²) in [5.41, 5.74) is 2.36. The van der Waals surface area contributed by atoms with Gasteiger partial charge in [0.25, 0.3) is 10.0 Å². The molecule has 0 spiro atoms. The van der Waals surface area contributed by atoms with Crippen LogP contribution in [-0.4, -0.2) is 49.9 Å². The van der Waals surface area contributed by atoms with E-state index in [4.69, 9.17) is 4.74 Å². The van der Waals surface area contributed by atoms with Gasteiger partial charge in [-0.3, -0.25) is 13.9 Å². The summed E-state index contributed by atoms with van der Waals surface area (Å²) in [7, 11) is -4.23. The molecule has 4 aromatic carbocycles. The Morgan fingerprint density at radius 2 is 1.43 bits per heavy atom. The summed E-state index contributed by atoms with van der Waals surface area (Å²) in [6.45, 7) is 9.27. The van der Waals surface area contributed by atoms with Gasteiger partial charge in [0.2, 0.25) is 11.8 Å². The summed E-state index contributed by atoms with van der Waals surface area (Å²) in [6, 6.07) is 31.0. The molecule has 4 rings (SSSR count). The lowest BCUT2D eigenvalue weighted by atomic mass is 10.0. The maximum Gasteiger partial charge on any atom is 0.264 e. The number of ether oxygens (including phenoxy) is 1. The normalized spacial score (nSPS) is 12.2. The largest absolute Gasteiger partial charge is 0.492 e. The van der Waals surface area contributed by atoms with Crippen LogP contribution in [0.5, 0.6) is 5.75 Å². The van der Waals surface area contributed by atoms with Crippen LogP contribution in [0.15, 0.2) is 114 Å². The highest BCUT2D eigenvalue weighted by molar-refractivity contribution is 7.92. The van der Waals surface area contributed by atoms with Gasteiger partial charge in [0.15, 0.2) is 0 Å². The molecule has 0 saturated carbocycles. The summed E-state index contributed by atoms with van der Waals surface area (Å²) < 4.78 is 35.4. The number of carbonyl (C=O) groups is 2. The molecule has 46 heavy (non-hydrogen) atoms. The second kappa shape index (κ2) is 15.1. The Morgan fingerprint density at radius 1 is 0.826 bits per heavy atom. The Morgan fingerprint density at radius 3 is 2.07 bits per heavy atom. The van der Waals surface area contributed by atoms with Crippen molar-refractivity contribution in [2.45, 2.75) is 64.1 Å². The zero-order chi connectivity index (χ0) is 33.3. The van der Waals surface area contributed by atoms with Crippen molar-refractivity contribution in [3.05, 3.63) is 126 Å². The van der Waals surface area contributed by atoms with Crippen molar-refractivity contribution in [1.82, 2.24) is 10.2 Å². The van der Waals surface area contributed by atoms with E-state index in [9.17, 15) is 18.0 Å². The zero-order valence-corrected chi connectivity index (χ0v) is 28.0. The maximum absolute atomic E-state index is 14.7. The van der Waals surface area contributed by atoms with Gasteiger partial charge >= 0.3 is 0 Å². The van der Waals surface area contributed by atoms with Crippen LogP contribution in [0.1, 0.15) is 44.4 Å². The van der Waals surface area contributed by atoms with Crippen LogP contribution in [-0.2, 0) is 32.6 Å². The van der Waals surface area contributed by atoms with Crippen molar-refractivity contribution in [1.29, 1.82) is 0 Å². The molecular weight excluding hydrogens is 598 g/mol. The van der Waals surface area contributed by atoms with E-state index in [2.05, 4.69) is 5.32 Å². The Bertz CT molecular complexity index is 1720. The van der Waals surface area contributed by atoms with Crippen LogP contribution in [0, 0.1) is 6.92 Å². The molecule has 4 aromatic rings. The highest BCUT2D eigenvalue weighted by Crippen LogP contribution is 2.33. The van der Waals surface area contributed by atoms with E-state index >= 15 is 0 Å². The molecular formula is C37H43N3O5S. The molecule has 8 nitrogen and oxygen atoms in total. The van der Waals surface area contributed by atoms with Crippen molar-refractivity contribution in [2.75, 3.05) is 17.5 Å². The molecule has 0 fully saturated rings. The first-order chi connectivity index (χ1) is 21.9. The van der Waals surface area contributed by atoms with Crippen molar-refractivity contribution in [3.63, 3.8) is 0 Å². The van der Waals surface area contributed by atoms with E-state index in [0.29, 0.717) is 12.4 Å². The third-order valence-electron chi connectivity index (χ3n) is 7.25. The molecule has 2 amide bonds. The van der Waals surface area contributed by atoms with Gasteiger partial charge in [-0.2, -0.15) is 0 Å². The number of amides is 2. The minimum atomic E-state index is -4.23. The van der Waals surface area contributed by atoms with E-state index in [1.54, 1.807) is 42.5 Å². The van der Waals surface area contributed by atoms with Crippen molar-refractivity contribution in [3.8, 4) is 5.75 Å². The minimum Gasteiger partial charge on any atom is -0.492 e. The Balaban J connectivity index is 1.85. The van der Waals surface area contributed by atoms with Gasteiger partial charge in [0.05, 0.1) is 17.2 Å². The SMILES string of the molecule is CCOc1ccccc1N(CC(=O)N(Cc1cccc(C)c1)[C@@H](Cc1ccccc1)C(=O)NC(C)(C)C)S(=O)(=O)c1ccccc1.